The molecule has 0 fully saturated rings. The fourth-order valence-corrected chi connectivity index (χ4v) is 1.60. The summed E-state index contributed by atoms with van der Waals surface area (Å²) in [5.41, 5.74) is 0. The van der Waals surface area contributed by atoms with E-state index in [0.717, 1.165) is 32.2 Å². The Morgan fingerprint density at radius 1 is 1.29 bits per heavy atom. The third-order valence-corrected chi connectivity index (χ3v) is 2.94. The monoisotopic (exact) mass is 199 g/mol. The summed E-state index contributed by atoms with van der Waals surface area (Å²) in [7, 11) is 0. The molecule has 14 heavy (non-hydrogen) atoms. The maximum absolute atomic E-state index is 10.8. The summed E-state index contributed by atoms with van der Waals surface area (Å²) in [4.78, 5) is 10.8. The quantitative estimate of drug-likeness (QED) is 0.457. The van der Waals surface area contributed by atoms with Crippen molar-refractivity contribution in [3.8, 4) is 0 Å². The molecule has 84 valence electrons. The molecule has 0 aromatic heterocycles. The Morgan fingerprint density at radius 2 is 2.00 bits per heavy atom. The van der Waals surface area contributed by atoms with E-state index in [1.807, 2.05) is 0 Å². The highest BCUT2D eigenvalue weighted by atomic mass is 16.1. The molecular formula is C12H25NO. The minimum absolute atomic E-state index is 0.279. The molecular weight excluding hydrogens is 174 g/mol. The van der Waals surface area contributed by atoms with Crippen molar-refractivity contribution in [1.82, 2.24) is 5.32 Å². The van der Waals surface area contributed by atoms with Crippen LogP contribution in [-0.4, -0.2) is 19.4 Å². The molecule has 0 aromatic rings. The van der Waals surface area contributed by atoms with E-state index in [2.05, 4.69) is 26.1 Å². The van der Waals surface area contributed by atoms with Gasteiger partial charge in [0.05, 0.1) is 0 Å². The van der Waals surface area contributed by atoms with Crippen LogP contribution in [0.1, 0.15) is 46.5 Å². The molecule has 0 spiro atoms. The molecule has 0 saturated heterocycles. The number of hydrogen-bond acceptors (Lipinski definition) is 2. The van der Waals surface area contributed by atoms with Crippen molar-refractivity contribution in [3.05, 3.63) is 0 Å². The lowest BCUT2D eigenvalue weighted by atomic mass is 9.89. The van der Waals surface area contributed by atoms with Crippen molar-refractivity contribution in [2.75, 3.05) is 13.1 Å². The maximum atomic E-state index is 10.8. The summed E-state index contributed by atoms with van der Waals surface area (Å²) in [6, 6.07) is 0. The standard InChI is InChI=1S/C12H25NO/c1-4-11(3)12(10-14)8-6-7-9-13-5-2/h10-13H,4-9H2,1-3H3. The van der Waals surface area contributed by atoms with Crippen LogP contribution in [0.2, 0.25) is 0 Å². The van der Waals surface area contributed by atoms with Gasteiger partial charge in [0, 0.05) is 5.92 Å². The molecule has 1 N–H and O–H groups in total. The third-order valence-electron chi connectivity index (χ3n) is 2.94. The normalized spacial score (nSPS) is 15.1. The van der Waals surface area contributed by atoms with Crippen LogP contribution in [0.5, 0.6) is 0 Å². The SMILES string of the molecule is CCNCCCCC(C=O)C(C)CC. The van der Waals surface area contributed by atoms with Gasteiger partial charge in [-0.15, -0.1) is 0 Å². The zero-order chi connectivity index (χ0) is 10.8. The number of carbonyl (C=O) groups is 1. The molecule has 0 aliphatic rings. The third kappa shape index (κ3) is 6.14. The minimum Gasteiger partial charge on any atom is -0.317 e. The van der Waals surface area contributed by atoms with Gasteiger partial charge in [-0.3, -0.25) is 0 Å². The van der Waals surface area contributed by atoms with Crippen LogP contribution in [0.4, 0.5) is 0 Å². The van der Waals surface area contributed by atoms with E-state index < -0.39 is 0 Å². The van der Waals surface area contributed by atoms with E-state index in [4.69, 9.17) is 0 Å². The molecule has 2 unspecified atom stereocenters. The lowest BCUT2D eigenvalue weighted by molar-refractivity contribution is -0.112. The Labute approximate surface area is 88.5 Å². The van der Waals surface area contributed by atoms with Gasteiger partial charge in [0.25, 0.3) is 0 Å². The van der Waals surface area contributed by atoms with E-state index in [1.54, 1.807) is 0 Å². The van der Waals surface area contributed by atoms with Crippen LogP contribution >= 0.6 is 0 Å². The van der Waals surface area contributed by atoms with Crippen molar-refractivity contribution < 1.29 is 4.79 Å². The summed E-state index contributed by atoms with van der Waals surface area (Å²) < 4.78 is 0. The first-order valence-corrected chi connectivity index (χ1v) is 5.92. The topological polar surface area (TPSA) is 29.1 Å². The van der Waals surface area contributed by atoms with Gasteiger partial charge in [0.15, 0.2) is 0 Å². The maximum Gasteiger partial charge on any atom is 0.123 e. The van der Waals surface area contributed by atoms with Gasteiger partial charge in [-0.25, -0.2) is 0 Å². The second kappa shape index (κ2) is 9.20. The average molecular weight is 199 g/mol. The van der Waals surface area contributed by atoms with E-state index in [-0.39, 0.29) is 5.92 Å². The highest BCUT2D eigenvalue weighted by molar-refractivity contribution is 5.53. The fourth-order valence-electron chi connectivity index (χ4n) is 1.60. The van der Waals surface area contributed by atoms with Crippen molar-refractivity contribution in [3.63, 3.8) is 0 Å². The summed E-state index contributed by atoms with van der Waals surface area (Å²) in [6.07, 6.45) is 5.66. The Bertz CT molecular complexity index is 136. The van der Waals surface area contributed by atoms with Gasteiger partial charge in [0.1, 0.15) is 6.29 Å². The second-order valence-corrected chi connectivity index (χ2v) is 4.03. The van der Waals surface area contributed by atoms with Crippen molar-refractivity contribution in [2.45, 2.75) is 46.5 Å². The van der Waals surface area contributed by atoms with Crippen molar-refractivity contribution in [1.29, 1.82) is 0 Å². The van der Waals surface area contributed by atoms with Crippen LogP contribution in [-0.2, 0) is 4.79 Å². The van der Waals surface area contributed by atoms with Gasteiger partial charge in [0.2, 0.25) is 0 Å². The molecule has 0 aliphatic heterocycles. The summed E-state index contributed by atoms with van der Waals surface area (Å²) >= 11 is 0. The molecule has 0 heterocycles. The first-order chi connectivity index (χ1) is 6.76. The number of carbonyl (C=O) groups excluding carboxylic acids is 1. The van der Waals surface area contributed by atoms with Crippen LogP contribution < -0.4 is 5.32 Å². The van der Waals surface area contributed by atoms with Crippen LogP contribution in [0.3, 0.4) is 0 Å². The van der Waals surface area contributed by atoms with E-state index >= 15 is 0 Å². The predicted molar refractivity (Wildman–Crippen MR) is 61.4 cm³/mol. The first kappa shape index (κ1) is 13.6. The Kier molecular flexibility index (Phi) is 8.95. The Morgan fingerprint density at radius 3 is 2.50 bits per heavy atom. The molecule has 0 rings (SSSR count). The van der Waals surface area contributed by atoms with E-state index in [9.17, 15) is 4.79 Å². The van der Waals surface area contributed by atoms with Crippen LogP contribution in [0.25, 0.3) is 0 Å². The zero-order valence-electron chi connectivity index (χ0n) is 9.88. The minimum atomic E-state index is 0.279. The van der Waals surface area contributed by atoms with Gasteiger partial charge in [-0.1, -0.05) is 33.6 Å². The van der Waals surface area contributed by atoms with Gasteiger partial charge < -0.3 is 10.1 Å². The lowest BCUT2D eigenvalue weighted by Crippen LogP contribution is -2.16. The van der Waals surface area contributed by atoms with Crippen LogP contribution in [0, 0.1) is 11.8 Å². The highest BCUT2D eigenvalue weighted by Gasteiger charge is 2.13. The molecule has 0 amide bonds. The fraction of sp³-hybridized carbons (Fsp3) is 0.917. The molecule has 0 aliphatic carbocycles. The van der Waals surface area contributed by atoms with E-state index in [0.29, 0.717) is 5.92 Å². The van der Waals surface area contributed by atoms with E-state index in [1.165, 1.54) is 12.8 Å². The largest absolute Gasteiger partial charge is 0.317 e. The van der Waals surface area contributed by atoms with Crippen molar-refractivity contribution >= 4 is 6.29 Å². The molecule has 0 radical (unpaired) electrons. The molecule has 0 saturated carbocycles. The Balaban J connectivity index is 3.47. The first-order valence-electron chi connectivity index (χ1n) is 5.92. The second-order valence-electron chi connectivity index (χ2n) is 4.03. The number of hydrogen-bond donors (Lipinski definition) is 1. The number of rotatable bonds is 9. The summed E-state index contributed by atoms with van der Waals surface area (Å²) in [5.74, 6) is 0.827. The van der Waals surface area contributed by atoms with Crippen molar-refractivity contribution in [2.24, 2.45) is 11.8 Å². The molecule has 0 bridgehead atoms. The molecule has 2 atom stereocenters. The highest BCUT2D eigenvalue weighted by Crippen LogP contribution is 2.18. The van der Waals surface area contributed by atoms with Gasteiger partial charge >= 0.3 is 0 Å². The lowest BCUT2D eigenvalue weighted by Gasteiger charge is -2.16. The number of nitrogens with one attached hydrogen (secondary N) is 1. The average Bonchev–Trinajstić information content (AvgIpc) is 2.22. The zero-order valence-corrected chi connectivity index (χ0v) is 9.88. The number of unbranched alkanes of at least 4 members (excludes halogenated alkanes) is 1. The predicted octanol–water partition coefficient (Wildman–Crippen LogP) is 2.63. The smallest absolute Gasteiger partial charge is 0.123 e. The number of aldehydes is 1. The Hall–Kier alpha value is -0.370. The molecule has 2 nitrogen and oxygen atoms in total. The van der Waals surface area contributed by atoms with Gasteiger partial charge in [-0.05, 0) is 31.8 Å². The van der Waals surface area contributed by atoms with Crippen LogP contribution in [0.15, 0.2) is 0 Å². The summed E-state index contributed by atoms with van der Waals surface area (Å²) in [5, 5.41) is 3.29. The molecule has 0 aromatic carbocycles. The molecule has 2 heteroatoms. The van der Waals surface area contributed by atoms with Gasteiger partial charge in [-0.2, -0.15) is 0 Å². The summed E-state index contributed by atoms with van der Waals surface area (Å²) in [6.45, 7) is 8.57.